The van der Waals surface area contributed by atoms with Crippen molar-refractivity contribution in [3.05, 3.63) is 224 Å². The quantitative estimate of drug-likeness (QED) is 0.0799. The molecule has 0 bridgehead atoms. The first kappa shape index (κ1) is 48.2. The van der Waals surface area contributed by atoms with E-state index in [9.17, 15) is 0 Å². The minimum atomic E-state index is -4.73. The van der Waals surface area contributed by atoms with Gasteiger partial charge in [-0.15, -0.1) is 0 Å². The molecule has 0 aromatic heterocycles. The van der Waals surface area contributed by atoms with E-state index in [2.05, 4.69) is 91.5 Å². The van der Waals surface area contributed by atoms with Gasteiger partial charge in [0, 0.05) is 0 Å². The molecule has 1 fully saturated rings. The molecule has 71 heavy (non-hydrogen) atoms. The summed E-state index contributed by atoms with van der Waals surface area (Å²) in [4.78, 5) is 0. The van der Waals surface area contributed by atoms with E-state index in [0.717, 1.165) is 51.7 Å². The van der Waals surface area contributed by atoms with Gasteiger partial charge in [-0.3, -0.25) is 0 Å². The molecule has 10 rings (SSSR count). The number of fused-ring (bicyclic) bond motifs is 3. The molecule has 8 aromatic rings. The summed E-state index contributed by atoms with van der Waals surface area (Å²) in [6.45, 7) is 6.56. The molecule has 2 aliphatic rings. The Hall–Kier alpha value is -6.42. The fraction of sp³-hybridized carbons (Fsp3) is 0.233. The molecule has 0 radical (unpaired) electrons. The molecule has 0 saturated carbocycles. The van der Waals surface area contributed by atoms with Gasteiger partial charge in [-0.2, -0.15) is 0 Å². The SMILES string of the molecule is CCc1cc(C)cc(CC)c1[N]1C2c3cccc4cccc(c34)C2[N](c2c(C(c3ccc(OC)cc3)c3ccc(OC)cc3)cc(C(F)(F)F)cc2C(c2ccc(OC)cc2)c2ccc(OC)cc2)[Ni]1[Br]. The van der Waals surface area contributed by atoms with Crippen LogP contribution in [0, 0.1) is 6.92 Å². The van der Waals surface area contributed by atoms with Gasteiger partial charge < -0.3 is 0 Å². The Morgan fingerprint density at radius 3 is 1.20 bits per heavy atom. The summed E-state index contributed by atoms with van der Waals surface area (Å²) in [6, 6.07) is 50.7. The van der Waals surface area contributed by atoms with E-state index in [1.165, 1.54) is 39.8 Å². The van der Waals surface area contributed by atoms with Crippen molar-refractivity contribution < 1.29 is 44.2 Å². The van der Waals surface area contributed by atoms with Crippen molar-refractivity contribution in [3.63, 3.8) is 0 Å². The van der Waals surface area contributed by atoms with Crippen LogP contribution in [-0.4, -0.2) is 28.4 Å². The summed E-state index contributed by atoms with van der Waals surface area (Å²) in [6.07, 6.45) is -3.13. The van der Waals surface area contributed by atoms with Crippen LogP contribution in [0.25, 0.3) is 10.8 Å². The van der Waals surface area contributed by atoms with E-state index >= 15 is 13.2 Å². The molecule has 1 aliphatic heterocycles. The molecule has 0 N–H and O–H groups in total. The number of hydrogen-bond donors (Lipinski definition) is 0. The van der Waals surface area contributed by atoms with Crippen molar-refractivity contribution in [2.75, 3.05) is 36.4 Å². The molecule has 11 heteroatoms. The molecule has 6 nitrogen and oxygen atoms in total. The number of ether oxygens (including phenoxy) is 4. The minimum absolute atomic E-state index is 0.215. The zero-order valence-corrected chi connectivity index (χ0v) is 43.2. The molecular weight excluding hydrogens is 1010 g/mol. The molecular formula is C60H55BrF3N2NiO4. The van der Waals surface area contributed by atoms with Crippen molar-refractivity contribution >= 4 is 36.4 Å². The van der Waals surface area contributed by atoms with E-state index in [1.807, 2.05) is 97.1 Å². The molecule has 8 aromatic carbocycles. The van der Waals surface area contributed by atoms with Gasteiger partial charge in [0.1, 0.15) is 0 Å². The van der Waals surface area contributed by atoms with Gasteiger partial charge in [0.15, 0.2) is 0 Å². The predicted octanol–water partition coefficient (Wildman–Crippen LogP) is 15.6. The Morgan fingerprint density at radius 2 is 0.873 bits per heavy atom. The molecule has 1 heterocycles. The van der Waals surface area contributed by atoms with Crippen molar-refractivity contribution in [2.45, 2.75) is 63.7 Å². The van der Waals surface area contributed by atoms with Crippen LogP contribution in [0.3, 0.4) is 0 Å². The van der Waals surface area contributed by atoms with Crippen LogP contribution in [0.15, 0.2) is 158 Å². The van der Waals surface area contributed by atoms with Crippen molar-refractivity contribution in [1.29, 1.82) is 0 Å². The summed E-state index contributed by atoms with van der Waals surface area (Å²) >= 11 is 3.29. The number of halogens is 4. The molecule has 0 amide bonds. The van der Waals surface area contributed by atoms with Gasteiger partial charge in [-0.25, -0.2) is 0 Å². The molecule has 0 spiro atoms. The van der Waals surface area contributed by atoms with Crippen LogP contribution >= 0.6 is 14.2 Å². The van der Waals surface area contributed by atoms with Crippen LogP contribution in [0.4, 0.5) is 24.5 Å². The van der Waals surface area contributed by atoms with Gasteiger partial charge in [-0.1, -0.05) is 0 Å². The van der Waals surface area contributed by atoms with Gasteiger partial charge in [-0.05, 0) is 0 Å². The first-order valence-electron chi connectivity index (χ1n) is 23.7. The van der Waals surface area contributed by atoms with Gasteiger partial charge in [0.05, 0.1) is 0 Å². The Kier molecular flexibility index (Phi) is 13.3. The number of alkyl halides is 3. The molecule has 2 atom stereocenters. The number of anilines is 2. The second-order valence-electron chi connectivity index (χ2n) is 18.0. The molecule has 2 unspecified atom stereocenters. The summed E-state index contributed by atoms with van der Waals surface area (Å²) in [5.74, 6) is 1.15. The summed E-state index contributed by atoms with van der Waals surface area (Å²) in [5, 5.41) is 2.30. The fourth-order valence-corrected chi connectivity index (χ4v) is 15.1. The average Bonchev–Trinajstić information content (AvgIpc) is 3.87. The van der Waals surface area contributed by atoms with E-state index in [1.54, 1.807) is 28.4 Å². The monoisotopic (exact) mass is 1060 g/mol. The van der Waals surface area contributed by atoms with Crippen LogP contribution in [0.5, 0.6) is 23.0 Å². The van der Waals surface area contributed by atoms with Crippen molar-refractivity contribution in [3.8, 4) is 23.0 Å². The first-order chi connectivity index (χ1) is 34.4. The number of methoxy groups -OCH3 is 4. The summed E-state index contributed by atoms with van der Waals surface area (Å²) in [7, 11) is 6.45. The third-order valence-corrected chi connectivity index (χ3v) is 17.9. The second kappa shape index (κ2) is 19.6. The molecule has 1 saturated heterocycles. The van der Waals surface area contributed by atoms with Gasteiger partial charge >= 0.3 is 428 Å². The van der Waals surface area contributed by atoms with E-state index in [0.29, 0.717) is 39.8 Å². The standard InChI is InChI=1S/C60H55F3N2O4.BrH.Ni/c1-8-37-32-36(3)33-38(9-2)56(37)64-58-49-14-10-12-39-13-11-15-50(55(39)49)59(58)65-57-51(53(40-16-24-45(66-4)25-17-40)41-18-26-46(67-5)27-19-41)34-44(60(61,62)63)35-52(57)54(42-20-28-47(68-6)29-21-42)43-22-30-48(69-7)31-23-43;;/h10-35,53-54,58-59H,8-9H2,1-7H3;1H;/q-2;;+3/p-1. The third kappa shape index (κ3) is 8.59. The second-order valence-corrected chi connectivity index (χ2v) is 21.3. The average molecular weight is 1060 g/mol. The van der Waals surface area contributed by atoms with E-state index in [4.69, 9.17) is 18.9 Å². The van der Waals surface area contributed by atoms with Crippen LogP contribution in [0.2, 0.25) is 0 Å². The van der Waals surface area contributed by atoms with Gasteiger partial charge in [0.25, 0.3) is 0 Å². The fourth-order valence-electron chi connectivity index (χ4n) is 10.8. The maximum absolute atomic E-state index is 16.2. The maximum atomic E-state index is 16.2. The topological polar surface area (TPSA) is 43.4 Å². The first-order valence-corrected chi connectivity index (χ1v) is 27.1. The number of rotatable bonds is 14. The third-order valence-electron chi connectivity index (χ3n) is 14.1. The number of nitrogens with zero attached hydrogens (tertiary/aromatic N) is 2. The summed E-state index contributed by atoms with van der Waals surface area (Å²) in [5.41, 5.74) is 11.3. The number of hydrogen-bond acceptors (Lipinski definition) is 6. The molecule has 367 valence electrons. The number of aryl methyl sites for hydroxylation is 3. The predicted molar refractivity (Wildman–Crippen MR) is 279 cm³/mol. The zero-order valence-electron chi connectivity index (χ0n) is 40.6. The van der Waals surface area contributed by atoms with Crippen LogP contribution in [0.1, 0.15) is 105 Å². The van der Waals surface area contributed by atoms with E-state index < -0.39 is 35.6 Å². The molecule has 1 aliphatic carbocycles. The zero-order chi connectivity index (χ0) is 49.7. The van der Waals surface area contributed by atoms with Crippen LogP contribution < -0.4 is 26.9 Å². The Bertz CT molecular complexity index is 2980. The van der Waals surface area contributed by atoms with E-state index in [-0.39, 0.29) is 12.1 Å². The van der Waals surface area contributed by atoms with Gasteiger partial charge in [0.2, 0.25) is 0 Å². The van der Waals surface area contributed by atoms with Crippen molar-refractivity contribution in [2.24, 2.45) is 0 Å². The van der Waals surface area contributed by atoms with Crippen molar-refractivity contribution in [1.82, 2.24) is 0 Å². The Morgan fingerprint density at radius 1 is 0.521 bits per heavy atom. The Labute approximate surface area is 425 Å². The summed E-state index contributed by atoms with van der Waals surface area (Å²) < 4.78 is 76.2. The Balaban J connectivity index is 1.38. The van der Waals surface area contributed by atoms with Crippen LogP contribution in [-0.2, 0) is 31.1 Å². The normalized spacial score (nSPS) is 15.8. The number of benzene rings is 8.